The number of carbonyl (C=O) groups excluding carboxylic acids is 1. The monoisotopic (exact) mass is 492 g/mol. The van der Waals surface area contributed by atoms with Gasteiger partial charge in [0.25, 0.3) is 13.9 Å². The zero-order chi connectivity index (χ0) is 26.1. The molecule has 3 fully saturated rings. The molecule has 3 aliphatic rings. The Kier molecular flexibility index (Phi) is 9.51. The van der Waals surface area contributed by atoms with Crippen LogP contribution in [0.5, 0.6) is 0 Å². The number of amidine groups is 1. The van der Waals surface area contributed by atoms with Gasteiger partial charge < -0.3 is 4.65 Å². The number of fused-ring (bicyclic) bond motifs is 1. The Hall–Kier alpha value is -0.485. The van der Waals surface area contributed by atoms with Gasteiger partial charge in [-0.3, -0.25) is 9.79 Å². The summed E-state index contributed by atoms with van der Waals surface area (Å²) in [5.41, 5.74) is -0.399. The molecule has 1 spiro atoms. The van der Waals surface area contributed by atoms with E-state index in [2.05, 4.69) is 67.3 Å². The Labute approximate surface area is 217 Å². The van der Waals surface area contributed by atoms with Crippen LogP contribution in [0.4, 0.5) is 0 Å². The number of amides is 1. The molecule has 5 unspecified atom stereocenters. The Balaban J connectivity index is 0.00000199. The van der Waals surface area contributed by atoms with Gasteiger partial charge in [0.2, 0.25) is 5.54 Å². The molecule has 6 heteroatoms. The van der Waals surface area contributed by atoms with Crippen molar-refractivity contribution in [2.45, 2.75) is 136 Å². The zero-order valence-electron chi connectivity index (χ0n) is 24.0. The quantitative estimate of drug-likeness (QED) is 0.154. The van der Waals surface area contributed by atoms with Crippen molar-refractivity contribution in [2.75, 3.05) is 0 Å². The maximum absolute atomic E-state index is 12.1. The van der Waals surface area contributed by atoms with E-state index in [4.69, 9.17) is 17.3 Å². The molecule has 1 radical (unpaired) electrons. The van der Waals surface area contributed by atoms with E-state index in [9.17, 15) is 4.79 Å². The summed E-state index contributed by atoms with van der Waals surface area (Å²) in [6, 6.07) is 0. The van der Waals surface area contributed by atoms with Crippen LogP contribution in [0.2, 0.25) is 6.32 Å². The molecule has 0 aromatic rings. The maximum Gasteiger partial charge on any atom is 0.303 e. The van der Waals surface area contributed by atoms with Gasteiger partial charge in [-0.1, -0.05) is 40.4 Å². The molecule has 4 nitrogen and oxygen atoms in total. The third kappa shape index (κ3) is 6.07. The van der Waals surface area contributed by atoms with Crippen LogP contribution in [0.25, 0.3) is 0 Å². The molecular weight excluding hydrogens is 439 g/mol. The summed E-state index contributed by atoms with van der Waals surface area (Å²) in [6.07, 6.45) is 8.06. The van der Waals surface area contributed by atoms with Crippen molar-refractivity contribution in [1.29, 1.82) is 0 Å². The molecule has 3 rings (SSSR count). The maximum atomic E-state index is 12.1. The van der Waals surface area contributed by atoms with Gasteiger partial charge in [-0.2, -0.15) is 17.5 Å². The fraction of sp³-hybridized carbons (Fsp3) is 0.929. The minimum atomic E-state index is -0.311. The molecule has 0 aromatic heterocycles. The number of nitrogens with zero attached hydrogens (tertiary/aromatic N) is 1. The standard InChI is InChI=1S/C26H46BN2O2S.C2H6/c1-17(2)18-13-19-15-26(22(29(26)16-30)28-23(3,4)5)21(20(19)14-18)11-10-12-27-31-24(6,7)25(8,9)32;1-2/h16-21,32H,10-15H2,1-9H3;1-2H3/p+1. The van der Waals surface area contributed by atoms with E-state index in [0.717, 1.165) is 55.7 Å². The molecule has 1 aliphatic heterocycles. The summed E-state index contributed by atoms with van der Waals surface area (Å²) in [6.45, 7) is 23.7. The Morgan fingerprint density at radius 3 is 2.29 bits per heavy atom. The van der Waals surface area contributed by atoms with Gasteiger partial charge in [0.05, 0.1) is 11.1 Å². The Bertz CT molecular complexity index is 725. The second-order valence-corrected chi connectivity index (χ2v) is 14.2. The largest absolute Gasteiger partial charge is 0.434 e. The molecule has 1 saturated heterocycles. The molecule has 34 heavy (non-hydrogen) atoms. The fourth-order valence-electron chi connectivity index (χ4n) is 6.20. The molecule has 5 atom stereocenters. The molecule has 1 amide bonds. The third-order valence-corrected chi connectivity index (χ3v) is 9.29. The molecule has 0 aromatic carbocycles. The summed E-state index contributed by atoms with van der Waals surface area (Å²) in [5, 5.41) is 0. The second-order valence-electron chi connectivity index (χ2n) is 13.1. The van der Waals surface area contributed by atoms with Gasteiger partial charge in [0.15, 0.2) is 0 Å². The van der Waals surface area contributed by atoms with Crippen LogP contribution in [0.1, 0.15) is 108 Å². The minimum absolute atomic E-state index is 0.0321. The predicted molar refractivity (Wildman–Crippen MR) is 148 cm³/mol. The van der Waals surface area contributed by atoms with Crippen LogP contribution in [0.15, 0.2) is 0 Å². The summed E-state index contributed by atoms with van der Waals surface area (Å²) < 4.78 is 5.90. The van der Waals surface area contributed by atoms with Crippen molar-refractivity contribution in [1.82, 2.24) is 4.90 Å². The van der Waals surface area contributed by atoms with Crippen LogP contribution < -0.4 is 4.99 Å². The summed E-state index contributed by atoms with van der Waals surface area (Å²) in [4.78, 5) is 17.8. The highest BCUT2D eigenvalue weighted by Gasteiger charge is 2.79. The second kappa shape index (κ2) is 10.9. The third-order valence-electron chi connectivity index (χ3n) is 8.75. The van der Waals surface area contributed by atoms with Crippen LogP contribution >= 0.6 is 12.6 Å². The van der Waals surface area contributed by atoms with Gasteiger partial charge in [-0.05, 0) is 91.4 Å². The first kappa shape index (κ1) is 29.7. The van der Waals surface area contributed by atoms with Crippen molar-refractivity contribution in [2.24, 2.45) is 29.6 Å². The van der Waals surface area contributed by atoms with E-state index in [-0.39, 0.29) is 21.4 Å². The zero-order valence-corrected chi connectivity index (χ0v) is 24.9. The average molecular weight is 493 g/mol. The lowest BCUT2D eigenvalue weighted by Gasteiger charge is -2.38. The highest BCUT2D eigenvalue weighted by Crippen LogP contribution is 2.63. The number of rotatable bonds is 9. The molecule has 195 valence electrons. The predicted octanol–water partition coefficient (Wildman–Crippen LogP) is 5.14. The average Bonchev–Trinajstić information content (AvgIpc) is 2.97. The topological polar surface area (TPSA) is 43.3 Å². The van der Waals surface area contributed by atoms with E-state index >= 15 is 0 Å². The Morgan fingerprint density at radius 1 is 1.18 bits per heavy atom. The normalized spacial score (nSPS) is 32.1. The van der Waals surface area contributed by atoms with Crippen molar-refractivity contribution in [3.8, 4) is 0 Å². The van der Waals surface area contributed by atoms with Gasteiger partial charge in [0, 0.05) is 17.1 Å². The van der Waals surface area contributed by atoms with Crippen molar-refractivity contribution in [3.63, 3.8) is 0 Å². The number of nitrogens with one attached hydrogen (secondary N) is 1. The Morgan fingerprint density at radius 2 is 1.79 bits per heavy atom. The van der Waals surface area contributed by atoms with Gasteiger partial charge in [0.1, 0.15) is 0 Å². The van der Waals surface area contributed by atoms with Crippen LogP contribution in [0.3, 0.4) is 0 Å². The number of hydrogen-bond donors (Lipinski definition) is 2. The molecule has 1 heterocycles. The first-order chi connectivity index (χ1) is 15.6. The summed E-state index contributed by atoms with van der Waals surface area (Å²) >= 11 is 4.70. The van der Waals surface area contributed by atoms with Gasteiger partial charge in [-0.25, -0.2) is 0 Å². The van der Waals surface area contributed by atoms with E-state index < -0.39 is 0 Å². The van der Waals surface area contributed by atoms with Gasteiger partial charge >= 0.3 is 5.84 Å². The lowest BCUT2D eigenvalue weighted by molar-refractivity contribution is -0.538. The van der Waals surface area contributed by atoms with Crippen LogP contribution in [0, 0.1) is 29.6 Å². The van der Waals surface area contributed by atoms with E-state index in [1.807, 2.05) is 26.2 Å². The van der Waals surface area contributed by atoms with Crippen molar-refractivity contribution in [3.05, 3.63) is 0 Å². The summed E-state index contributed by atoms with van der Waals surface area (Å²) in [7, 11) is 1.99. The lowest BCUT2D eigenvalue weighted by atomic mass is 9.78. The van der Waals surface area contributed by atoms with E-state index in [1.165, 1.54) is 18.7 Å². The van der Waals surface area contributed by atoms with E-state index in [0.29, 0.717) is 5.92 Å². The molecule has 2 saturated carbocycles. The fourth-order valence-corrected chi connectivity index (χ4v) is 6.25. The molecule has 2 aliphatic carbocycles. The minimum Gasteiger partial charge on any atom is -0.434 e. The van der Waals surface area contributed by atoms with Crippen LogP contribution in [-0.4, -0.2) is 46.1 Å². The van der Waals surface area contributed by atoms with Gasteiger partial charge in [-0.15, -0.1) is 0 Å². The number of thiol groups is 1. The highest BCUT2D eigenvalue weighted by molar-refractivity contribution is 7.81. The number of carbonyl (C=O) groups is 1. The molecule has 1 N–H and O–H groups in total. The molecular formula is C28H53BN2O2S+. The highest BCUT2D eigenvalue weighted by atomic mass is 32.1. The van der Waals surface area contributed by atoms with Crippen LogP contribution in [-0.2, 0) is 9.45 Å². The first-order valence-electron chi connectivity index (χ1n) is 13.8. The summed E-state index contributed by atoms with van der Waals surface area (Å²) in [5.74, 6) is 4.80. The lowest BCUT2D eigenvalue weighted by Crippen LogP contribution is -2.83. The SMILES string of the molecule is CC.CC(C)C1CC2CC3(C(=[NH+]C(C)(C)C)N3C=O)C(CCC[B]OC(C)(C)C(C)(C)S)C2C1. The van der Waals surface area contributed by atoms with Crippen molar-refractivity contribution < 1.29 is 14.4 Å². The smallest absolute Gasteiger partial charge is 0.303 e. The van der Waals surface area contributed by atoms with E-state index in [1.54, 1.807) is 0 Å². The first-order valence-corrected chi connectivity index (χ1v) is 14.2. The van der Waals surface area contributed by atoms with Crippen molar-refractivity contribution >= 4 is 32.4 Å². The number of hydrogen-bond acceptors (Lipinski definition) is 3. The molecule has 0 bridgehead atoms.